The molecule has 0 aliphatic heterocycles. The second-order valence-corrected chi connectivity index (χ2v) is 5.50. The zero-order chi connectivity index (χ0) is 14.1. The summed E-state index contributed by atoms with van der Waals surface area (Å²) in [5.74, 6) is 0.288. The number of anilines is 1. The monoisotopic (exact) mass is 377 g/mol. The predicted octanol–water partition coefficient (Wildman–Crippen LogP) is 3.90. The van der Waals surface area contributed by atoms with Gasteiger partial charge < -0.3 is 10.3 Å². The topological polar surface area (TPSA) is 64.9 Å². The van der Waals surface area contributed by atoms with Gasteiger partial charge >= 0.3 is 0 Å². The molecule has 0 aliphatic rings. The molecule has 4 nitrogen and oxygen atoms in total. The van der Waals surface area contributed by atoms with E-state index < -0.39 is 0 Å². The molecule has 0 aliphatic carbocycles. The number of halogens is 1. The Morgan fingerprint density at radius 3 is 2.75 bits per heavy atom. The van der Waals surface area contributed by atoms with Crippen molar-refractivity contribution in [3.63, 3.8) is 0 Å². The third-order valence-corrected chi connectivity index (χ3v) is 4.52. The van der Waals surface area contributed by atoms with E-state index in [4.69, 9.17) is 10.3 Å². The standard InChI is InChI=1S/C15H12IN3O/c1-9-5-4-6-10(13(9)16)14-12(15(17)20-19-14)11-7-2-3-8-18-11/h2-8H,17H2,1H3. The van der Waals surface area contributed by atoms with Crippen LogP contribution in [0.3, 0.4) is 0 Å². The Morgan fingerprint density at radius 1 is 1.15 bits per heavy atom. The number of pyridine rings is 1. The number of rotatable bonds is 2. The fourth-order valence-corrected chi connectivity index (χ4v) is 2.69. The highest BCUT2D eigenvalue weighted by molar-refractivity contribution is 14.1. The van der Waals surface area contributed by atoms with Crippen LogP contribution in [0.4, 0.5) is 5.88 Å². The van der Waals surface area contributed by atoms with Crippen LogP contribution < -0.4 is 5.73 Å². The summed E-state index contributed by atoms with van der Waals surface area (Å²) in [6.45, 7) is 2.06. The third-order valence-electron chi connectivity index (χ3n) is 3.09. The van der Waals surface area contributed by atoms with E-state index >= 15 is 0 Å². The fraction of sp³-hybridized carbons (Fsp3) is 0.0667. The van der Waals surface area contributed by atoms with Gasteiger partial charge in [-0.25, -0.2) is 0 Å². The SMILES string of the molecule is Cc1cccc(-c2noc(N)c2-c2ccccn2)c1I. The maximum absolute atomic E-state index is 5.93. The minimum Gasteiger partial charge on any atom is -0.367 e. The van der Waals surface area contributed by atoms with Crippen molar-refractivity contribution in [2.75, 3.05) is 5.73 Å². The summed E-state index contributed by atoms with van der Waals surface area (Å²) in [4.78, 5) is 4.34. The fourth-order valence-electron chi connectivity index (χ4n) is 2.08. The molecular weight excluding hydrogens is 365 g/mol. The molecule has 0 atom stereocenters. The minimum atomic E-state index is 0.288. The smallest absolute Gasteiger partial charge is 0.232 e. The van der Waals surface area contributed by atoms with Crippen molar-refractivity contribution in [2.45, 2.75) is 6.92 Å². The highest BCUT2D eigenvalue weighted by Gasteiger charge is 2.20. The molecule has 2 aromatic heterocycles. The van der Waals surface area contributed by atoms with E-state index in [9.17, 15) is 0 Å². The molecule has 0 unspecified atom stereocenters. The van der Waals surface area contributed by atoms with Gasteiger partial charge in [-0.1, -0.05) is 29.4 Å². The van der Waals surface area contributed by atoms with Gasteiger partial charge in [0, 0.05) is 15.3 Å². The molecular formula is C15H12IN3O. The molecule has 20 heavy (non-hydrogen) atoms. The Bertz CT molecular complexity index is 753. The molecule has 100 valence electrons. The molecule has 0 radical (unpaired) electrons. The van der Waals surface area contributed by atoms with E-state index in [1.165, 1.54) is 5.56 Å². The van der Waals surface area contributed by atoms with Gasteiger partial charge in [-0.2, -0.15) is 0 Å². The third kappa shape index (κ3) is 2.18. The van der Waals surface area contributed by atoms with Crippen molar-refractivity contribution in [1.29, 1.82) is 0 Å². The van der Waals surface area contributed by atoms with E-state index in [1.807, 2.05) is 30.3 Å². The summed E-state index contributed by atoms with van der Waals surface area (Å²) < 4.78 is 6.32. The molecule has 0 amide bonds. The first-order chi connectivity index (χ1) is 9.68. The van der Waals surface area contributed by atoms with Crippen LogP contribution >= 0.6 is 22.6 Å². The number of nitrogens with zero attached hydrogens (tertiary/aromatic N) is 2. The van der Waals surface area contributed by atoms with Gasteiger partial charge in [0.2, 0.25) is 5.88 Å². The van der Waals surface area contributed by atoms with Gasteiger partial charge in [0.25, 0.3) is 0 Å². The highest BCUT2D eigenvalue weighted by atomic mass is 127. The number of benzene rings is 1. The Hall–Kier alpha value is -1.89. The zero-order valence-corrected chi connectivity index (χ0v) is 13.0. The summed E-state index contributed by atoms with van der Waals surface area (Å²) in [5, 5.41) is 4.12. The van der Waals surface area contributed by atoms with Crippen LogP contribution in [0.5, 0.6) is 0 Å². The molecule has 0 fully saturated rings. The quantitative estimate of drug-likeness (QED) is 0.688. The van der Waals surface area contributed by atoms with E-state index in [1.54, 1.807) is 6.20 Å². The van der Waals surface area contributed by atoms with Crippen LogP contribution in [0, 0.1) is 10.5 Å². The molecule has 3 aromatic rings. The van der Waals surface area contributed by atoms with Gasteiger partial charge in [0.1, 0.15) is 5.69 Å². The maximum Gasteiger partial charge on any atom is 0.232 e. The van der Waals surface area contributed by atoms with E-state index in [2.05, 4.69) is 45.7 Å². The van der Waals surface area contributed by atoms with Gasteiger partial charge in [-0.3, -0.25) is 4.98 Å². The molecule has 2 N–H and O–H groups in total. The largest absolute Gasteiger partial charge is 0.367 e. The van der Waals surface area contributed by atoms with Gasteiger partial charge in [-0.15, -0.1) is 0 Å². The van der Waals surface area contributed by atoms with Crippen LogP contribution in [-0.2, 0) is 0 Å². The van der Waals surface area contributed by atoms with E-state index in [0.717, 1.165) is 26.1 Å². The normalized spacial score (nSPS) is 10.7. The molecule has 3 rings (SSSR count). The van der Waals surface area contributed by atoms with Crippen molar-refractivity contribution in [3.8, 4) is 22.5 Å². The molecule has 0 saturated heterocycles. The highest BCUT2D eigenvalue weighted by Crippen LogP contribution is 2.37. The Labute approximate surface area is 130 Å². The molecule has 0 bridgehead atoms. The lowest BCUT2D eigenvalue weighted by Gasteiger charge is -2.06. The second kappa shape index (κ2) is 5.24. The molecule has 1 aromatic carbocycles. The van der Waals surface area contributed by atoms with Crippen LogP contribution in [0.2, 0.25) is 0 Å². The van der Waals surface area contributed by atoms with Crippen LogP contribution in [0.15, 0.2) is 47.1 Å². The summed E-state index contributed by atoms with van der Waals surface area (Å²) in [6.07, 6.45) is 1.73. The van der Waals surface area contributed by atoms with Gasteiger partial charge in [-0.05, 0) is 47.2 Å². The van der Waals surface area contributed by atoms with E-state index in [-0.39, 0.29) is 5.88 Å². The summed E-state index contributed by atoms with van der Waals surface area (Å²) in [6, 6.07) is 11.8. The predicted molar refractivity (Wildman–Crippen MR) is 87.0 cm³/mol. The number of aromatic nitrogens is 2. The molecule has 5 heteroatoms. The number of aryl methyl sites for hydroxylation is 1. The summed E-state index contributed by atoms with van der Waals surface area (Å²) in [5.41, 5.74) is 10.4. The van der Waals surface area contributed by atoms with Crippen molar-refractivity contribution in [2.24, 2.45) is 0 Å². The van der Waals surface area contributed by atoms with E-state index in [0.29, 0.717) is 0 Å². The lowest BCUT2D eigenvalue weighted by atomic mass is 10.0. The van der Waals surface area contributed by atoms with Crippen LogP contribution in [0.1, 0.15) is 5.56 Å². The van der Waals surface area contributed by atoms with Crippen molar-refractivity contribution in [1.82, 2.24) is 10.1 Å². The first kappa shape index (κ1) is 13.1. The Morgan fingerprint density at radius 2 is 2.00 bits per heavy atom. The average molecular weight is 377 g/mol. The lowest BCUT2D eigenvalue weighted by Crippen LogP contribution is -1.92. The van der Waals surface area contributed by atoms with Crippen LogP contribution in [0.25, 0.3) is 22.5 Å². The Kier molecular flexibility index (Phi) is 3.43. The van der Waals surface area contributed by atoms with Crippen LogP contribution in [-0.4, -0.2) is 10.1 Å². The average Bonchev–Trinajstić information content (AvgIpc) is 2.84. The van der Waals surface area contributed by atoms with Gasteiger partial charge in [0.05, 0.1) is 11.3 Å². The number of nitrogens with two attached hydrogens (primary N) is 1. The number of hydrogen-bond acceptors (Lipinski definition) is 4. The molecule has 0 saturated carbocycles. The van der Waals surface area contributed by atoms with Gasteiger partial charge in [0.15, 0.2) is 0 Å². The van der Waals surface area contributed by atoms with Crippen molar-refractivity contribution in [3.05, 3.63) is 51.7 Å². The first-order valence-electron chi connectivity index (χ1n) is 6.10. The van der Waals surface area contributed by atoms with Crippen molar-refractivity contribution < 1.29 is 4.52 Å². The van der Waals surface area contributed by atoms with Crippen molar-refractivity contribution >= 4 is 28.5 Å². The minimum absolute atomic E-state index is 0.288. The number of nitrogen functional groups attached to an aromatic ring is 1. The molecule has 2 heterocycles. The maximum atomic E-state index is 5.93. The number of hydrogen-bond donors (Lipinski definition) is 1. The lowest BCUT2D eigenvalue weighted by molar-refractivity contribution is 0.439. The second-order valence-electron chi connectivity index (χ2n) is 4.42. The Balaban J connectivity index is 2.24. The first-order valence-corrected chi connectivity index (χ1v) is 7.18. The zero-order valence-electron chi connectivity index (χ0n) is 10.8. The summed E-state index contributed by atoms with van der Waals surface area (Å²) in [7, 11) is 0. The summed E-state index contributed by atoms with van der Waals surface area (Å²) >= 11 is 2.31. The molecule has 0 spiro atoms.